The van der Waals surface area contributed by atoms with Crippen LogP contribution in [0.25, 0.3) is 0 Å². The molecule has 2 aromatic carbocycles. The van der Waals surface area contributed by atoms with E-state index in [0.29, 0.717) is 21.6 Å². The lowest BCUT2D eigenvalue weighted by Gasteiger charge is -2.41. The summed E-state index contributed by atoms with van der Waals surface area (Å²) in [6.45, 7) is 0. The van der Waals surface area contributed by atoms with Crippen LogP contribution in [0.5, 0.6) is 0 Å². The number of benzene rings is 2. The number of rotatable bonds is 3. The Bertz CT molecular complexity index is 1400. The highest BCUT2D eigenvalue weighted by atomic mass is 32.2. The molecule has 7 nitrogen and oxygen atoms in total. The van der Waals surface area contributed by atoms with Crippen LogP contribution in [0, 0.1) is 28.6 Å². The second-order valence-electron chi connectivity index (χ2n) is 9.06. The summed E-state index contributed by atoms with van der Waals surface area (Å²) < 4.78 is -1.23. The molecule has 1 fully saturated rings. The average Bonchev–Trinajstić information content (AvgIpc) is 3.26. The summed E-state index contributed by atoms with van der Waals surface area (Å²) in [4.78, 5) is 19.8. The summed E-state index contributed by atoms with van der Waals surface area (Å²) >= 11 is 1.33. The minimum Gasteiger partial charge on any atom is -0.389 e. The number of hydrogen-bond acceptors (Lipinski definition) is 7. The van der Waals surface area contributed by atoms with E-state index < -0.39 is 28.3 Å². The molecule has 1 aromatic heterocycles. The smallest absolute Gasteiger partial charge is 0.228 e. The molecule has 5 rings (SSSR count). The van der Waals surface area contributed by atoms with Crippen LogP contribution in [0.2, 0.25) is 0 Å². The Labute approximate surface area is 207 Å². The predicted molar refractivity (Wildman–Crippen MR) is 129 cm³/mol. The van der Waals surface area contributed by atoms with E-state index in [0.717, 1.165) is 5.56 Å². The predicted octanol–water partition coefficient (Wildman–Crippen LogP) is 2.88. The van der Waals surface area contributed by atoms with Crippen LogP contribution >= 0.6 is 11.8 Å². The largest absolute Gasteiger partial charge is 0.389 e. The number of fused-ring (bicyclic) bond motifs is 3. The Morgan fingerprint density at radius 3 is 2.37 bits per heavy atom. The summed E-state index contributed by atoms with van der Waals surface area (Å²) in [7, 11) is 3.26. The Morgan fingerprint density at radius 2 is 1.77 bits per heavy atom. The first-order valence-electron chi connectivity index (χ1n) is 11.1. The molecule has 1 amide bonds. The molecule has 0 unspecified atom stereocenters. The van der Waals surface area contributed by atoms with E-state index in [4.69, 9.17) is 0 Å². The van der Waals surface area contributed by atoms with Crippen molar-refractivity contribution in [1.29, 1.82) is 10.5 Å². The van der Waals surface area contributed by atoms with Gasteiger partial charge in [-0.1, -0.05) is 42.5 Å². The number of carbonyl (C=O) groups excluding carboxylic acids is 1. The first-order chi connectivity index (χ1) is 16.8. The van der Waals surface area contributed by atoms with E-state index in [-0.39, 0.29) is 11.6 Å². The van der Waals surface area contributed by atoms with Crippen molar-refractivity contribution in [3.63, 3.8) is 0 Å². The van der Waals surface area contributed by atoms with Gasteiger partial charge in [-0.15, -0.1) is 11.8 Å². The van der Waals surface area contributed by atoms with Gasteiger partial charge in [0.25, 0.3) is 0 Å². The topological polar surface area (TPSA) is 121 Å². The van der Waals surface area contributed by atoms with Crippen molar-refractivity contribution >= 4 is 17.7 Å². The highest BCUT2D eigenvalue weighted by molar-refractivity contribution is 8.00. The Balaban J connectivity index is 1.86. The van der Waals surface area contributed by atoms with Gasteiger partial charge in [-0.2, -0.15) is 10.5 Å². The van der Waals surface area contributed by atoms with Crippen molar-refractivity contribution in [3.05, 3.63) is 94.8 Å². The Kier molecular flexibility index (Phi) is 5.41. The van der Waals surface area contributed by atoms with Gasteiger partial charge in [0.15, 0.2) is 0 Å². The molecule has 1 aliphatic heterocycles. The molecule has 0 saturated heterocycles. The number of nitriles is 2. The summed E-state index contributed by atoms with van der Waals surface area (Å²) in [6.07, 6.45) is -0.0261. The van der Waals surface area contributed by atoms with Crippen molar-refractivity contribution in [1.82, 2.24) is 9.88 Å². The molecule has 8 heteroatoms. The number of aliphatic hydroxyl groups is 2. The average molecular weight is 483 g/mol. The molecular formula is C27H22N4O3S. The third kappa shape index (κ3) is 3.05. The highest BCUT2D eigenvalue weighted by Gasteiger charge is 2.75. The zero-order valence-corrected chi connectivity index (χ0v) is 19.9. The summed E-state index contributed by atoms with van der Waals surface area (Å²) in [5, 5.41) is 43.1. The van der Waals surface area contributed by atoms with Crippen LogP contribution in [0.3, 0.4) is 0 Å². The van der Waals surface area contributed by atoms with Gasteiger partial charge in [0.1, 0.15) is 23.5 Å². The third-order valence-electron chi connectivity index (χ3n) is 7.12. The van der Waals surface area contributed by atoms with Crippen LogP contribution < -0.4 is 0 Å². The van der Waals surface area contributed by atoms with Crippen LogP contribution in [-0.2, 0) is 15.1 Å². The van der Waals surface area contributed by atoms with E-state index in [2.05, 4.69) is 11.1 Å². The monoisotopic (exact) mass is 482 g/mol. The van der Waals surface area contributed by atoms with E-state index in [9.17, 15) is 25.5 Å². The van der Waals surface area contributed by atoms with Gasteiger partial charge >= 0.3 is 0 Å². The molecule has 1 aliphatic carbocycles. The molecule has 0 radical (unpaired) electrons. The molecule has 1 saturated carbocycles. The van der Waals surface area contributed by atoms with Gasteiger partial charge in [0.05, 0.1) is 22.3 Å². The van der Waals surface area contributed by atoms with E-state index in [1.165, 1.54) is 22.9 Å². The number of aliphatic hydroxyl groups excluding tert-OH is 1. The standard InChI is InChI=1S/C27H22N4O3S/c1-31(2)25(33)22-23(17-6-4-3-5-7-17)27(18-10-8-16(13-28)9-11-18)26(34,24(22)32)20-15-30-19(14-29)12-21(20)35-27/h3-12,15,22-24,32,34H,1-2H3/t22-,23-,24-,26+,27+/m1/s1. The molecule has 2 aliphatic rings. The summed E-state index contributed by atoms with van der Waals surface area (Å²) in [5.74, 6) is -1.88. The van der Waals surface area contributed by atoms with Crippen LogP contribution in [-0.4, -0.2) is 46.2 Å². The Hall–Kier alpha value is -3.69. The maximum atomic E-state index is 13.5. The lowest BCUT2D eigenvalue weighted by Crippen LogP contribution is -2.48. The van der Waals surface area contributed by atoms with Crippen molar-refractivity contribution < 1.29 is 15.0 Å². The minimum absolute atomic E-state index is 0.196. The maximum absolute atomic E-state index is 13.5. The third-order valence-corrected chi connectivity index (χ3v) is 8.80. The lowest BCUT2D eigenvalue weighted by molar-refractivity contribution is -0.142. The highest BCUT2D eigenvalue weighted by Crippen LogP contribution is 2.74. The van der Waals surface area contributed by atoms with E-state index in [1.54, 1.807) is 44.4 Å². The maximum Gasteiger partial charge on any atom is 0.228 e. The normalized spacial score (nSPS) is 28.5. The van der Waals surface area contributed by atoms with Gasteiger partial charge in [-0.05, 0) is 29.3 Å². The molecular weight excluding hydrogens is 460 g/mol. The molecule has 5 atom stereocenters. The Morgan fingerprint density at radius 1 is 1.09 bits per heavy atom. The lowest BCUT2D eigenvalue weighted by atomic mass is 9.73. The fourth-order valence-corrected chi connectivity index (χ4v) is 7.51. The van der Waals surface area contributed by atoms with Gasteiger partial charge in [0, 0.05) is 36.7 Å². The second kappa shape index (κ2) is 8.21. The van der Waals surface area contributed by atoms with Crippen molar-refractivity contribution in [2.24, 2.45) is 5.92 Å². The number of aromatic nitrogens is 1. The SMILES string of the molecule is CN(C)C(=O)[C@H]1[C@@H](O)[C@@]2(O)c3cnc(C#N)cc3S[C@@]2(c2ccc(C#N)cc2)[C@@H]1c1ccccc1. The number of thioether (sulfide) groups is 1. The number of amides is 1. The van der Waals surface area contributed by atoms with Crippen molar-refractivity contribution in [3.8, 4) is 12.1 Å². The van der Waals surface area contributed by atoms with Crippen LogP contribution in [0.15, 0.2) is 71.8 Å². The summed E-state index contributed by atoms with van der Waals surface area (Å²) in [5.41, 5.74) is 0.605. The fraction of sp³-hybridized carbons (Fsp3) is 0.259. The van der Waals surface area contributed by atoms with Crippen LogP contribution in [0.4, 0.5) is 0 Å². The van der Waals surface area contributed by atoms with Crippen molar-refractivity contribution in [2.45, 2.75) is 27.3 Å². The zero-order valence-electron chi connectivity index (χ0n) is 19.1. The molecule has 2 heterocycles. The zero-order chi connectivity index (χ0) is 25.0. The molecule has 0 bridgehead atoms. The molecule has 2 N–H and O–H groups in total. The van der Waals surface area contributed by atoms with E-state index >= 15 is 0 Å². The second-order valence-corrected chi connectivity index (χ2v) is 10.4. The first-order valence-corrected chi connectivity index (χ1v) is 11.9. The first kappa shape index (κ1) is 23.1. The number of hydrogen-bond donors (Lipinski definition) is 2. The number of nitrogens with zero attached hydrogens (tertiary/aromatic N) is 4. The molecule has 0 spiro atoms. The fourth-order valence-electron chi connectivity index (χ4n) is 5.62. The number of carbonyl (C=O) groups is 1. The van der Waals surface area contributed by atoms with Gasteiger partial charge in [-0.3, -0.25) is 4.79 Å². The molecule has 3 aromatic rings. The molecule has 174 valence electrons. The van der Waals surface area contributed by atoms with Crippen LogP contribution in [0.1, 0.15) is 33.9 Å². The van der Waals surface area contributed by atoms with Gasteiger partial charge < -0.3 is 15.1 Å². The minimum atomic E-state index is -1.89. The summed E-state index contributed by atoms with van der Waals surface area (Å²) in [6, 6.07) is 22.0. The van der Waals surface area contributed by atoms with Gasteiger partial charge in [0.2, 0.25) is 5.91 Å². The molecule has 35 heavy (non-hydrogen) atoms. The van der Waals surface area contributed by atoms with Gasteiger partial charge in [-0.25, -0.2) is 4.98 Å². The van der Waals surface area contributed by atoms with Crippen molar-refractivity contribution in [2.75, 3.05) is 14.1 Å². The quantitative estimate of drug-likeness (QED) is 0.589. The number of pyridine rings is 1. The van der Waals surface area contributed by atoms with E-state index in [1.807, 2.05) is 36.4 Å².